The quantitative estimate of drug-likeness (QED) is 0.600. The number of pyridine rings is 1. The first kappa shape index (κ1) is 19.6. The smallest absolute Gasteiger partial charge is 0.267 e. The predicted molar refractivity (Wildman–Crippen MR) is 115 cm³/mol. The van der Waals surface area contributed by atoms with Gasteiger partial charge in [0.2, 0.25) is 0 Å². The largest absolute Gasteiger partial charge is 0.494 e. The molecule has 0 radical (unpaired) electrons. The molecule has 6 nitrogen and oxygen atoms in total. The van der Waals surface area contributed by atoms with E-state index >= 15 is 0 Å². The minimum atomic E-state index is -0.106. The summed E-state index contributed by atoms with van der Waals surface area (Å²) in [4.78, 5) is 24.1. The van der Waals surface area contributed by atoms with Crippen LogP contribution in [0.3, 0.4) is 0 Å². The Morgan fingerprint density at radius 2 is 2.03 bits per heavy atom. The zero-order valence-corrected chi connectivity index (χ0v) is 17.2. The second kappa shape index (κ2) is 8.74. The molecule has 0 saturated carbocycles. The SMILES string of the molecule is Cc1nc2ncccc2c(=O)n1-c1ccc(OCCCN2CCC[C@H](C)C2)cc1. The van der Waals surface area contributed by atoms with E-state index in [1.165, 1.54) is 25.9 Å². The summed E-state index contributed by atoms with van der Waals surface area (Å²) in [6.45, 7) is 8.36. The van der Waals surface area contributed by atoms with Gasteiger partial charge in [0.15, 0.2) is 5.65 Å². The molecular weight excluding hydrogens is 364 g/mol. The van der Waals surface area contributed by atoms with Crippen LogP contribution in [0.2, 0.25) is 0 Å². The summed E-state index contributed by atoms with van der Waals surface area (Å²) in [5, 5.41) is 0.519. The summed E-state index contributed by atoms with van der Waals surface area (Å²) in [5.41, 5.74) is 1.15. The summed E-state index contributed by atoms with van der Waals surface area (Å²) in [7, 11) is 0. The van der Waals surface area contributed by atoms with Crippen LogP contribution in [0, 0.1) is 12.8 Å². The van der Waals surface area contributed by atoms with Gasteiger partial charge in [-0.25, -0.2) is 9.97 Å². The van der Waals surface area contributed by atoms with Gasteiger partial charge >= 0.3 is 0 Å². The fourth-order valence-electron chi connectivity index (χ4n) is 4.09. The van der Waals surface area contributed by atoms with Gasteiger partial charge in [-0.2, -0.15) is 0 Å². The molecule has 1 fully saturated rings. The Hall–Kier alpha value is -2.73. The van der Waals surface area contributed by atoms with E-state index < -0.39 is 0 Å². The van der Waals surface area contributed by atoms with Gasteiger partial charge in [-0.05, 0) is 75.0 Å². The number of aryl methyl sites for hydroxylation is 1. The highest BCUT2D eigenvalue weighted by molar-refractivity contribution is 5.73. The van der Waals surface area contributed by atoms with Crippen molar-refractivity contribution < 1.29 is 4.74 Å². The Bertz CT molecular complexity index is 1030. The van der Waals surface area contributed by atoms with Crippen LogP contribution in [0.5, 0.6) is 5.75 Å². The predicted octanol–water partition coefficient (Wildman–Crippen LogP) is 3.59. The molecule has 152 valence electrons. The number of hydrogen-bond donors (Lipinski definition) is 0. The maximum absolute atomic E-state index is 12.9. The average Bonchev–Trinajstić information content (AvgIpc) is 2.72. The molecule has 1 aliphatic heterocycles. The van der Waals surface area contributed by atoms with Crippen molar-refractivity contribution in [3.8, 4) is 11.4 Å². The molecule has 0 spiro atoms. The van der Waals surface area contributed by atoms with E-state index in [9.17, 15) is 4.79 Å². The van der Waals surface area contributed by atoms with Crippen molar-refractivity contribution in [3.63, 3.8) is 0 Å². The number of likely N-dealkylation sites (tertiary alicyclic amines) is 1. The normalized spacial score (nSPS) is 17.5. The van der Waals surface area contributed by atoms with Gasteiger partial charge in [-0.3, -0.25) is 9.36 Å². The highest BCUT2D eigenvalue weighted by Gasteiger charge is 2.15. The topological polar surface area (TPSA) is 60.3 Å². The lowest BCUT2D eigenvalue weighted by molar-refractivity contribution is 0.170. The van der Waals surface area contributed by atoms with Crippen LogP contribution in [0.15, 0.2) is 47.4 Å². The molecule has 1 saturated heterocycles. The molecule has 1 atom stereocenters. The number of nitrogens with zero attached hydrogens (tertiary/aromatic N) is 4. The number of aromatic nitrogens is 3. The second-order valence-corrected chi connectivity index (χ2v) is 7.92. The molecule has 2 aromatic heterocycles. The molecular formula is C23H28N4O2. The van der Waals surface area contributed by atoms with Crippen molar-refractivity contribution in [1.29, 1.82) is 0 Å². The molecule has 0 bridgehead atoms. The third-order valence-electron chi connectivity index (χ3n) is 5.53. The highest BCUT2D eigenvalue weighted by atomic mass is 16.5. The minimum Gasteiger partial charge on any atom is -0.494 e. The maximum atomic E-state index is 12.9. The van der Waals surface area contributed by atoms with E-state index in [1.807, 2.05) is 31.2 Å². The highest BCUT2D eigenvalue weighted by Crippen LogP contribution is 2.18. The van der Waals surface area contributed by atoms with Gasteiger partial charge in [-0.15, -0.1) is 0 Å². The molecule has 1 aliphatic rings. The molecule has 0 N–H and O–H groups in total. The summed E-state index contributed by atoms with van der Waals surface area (Å²) in [5.74, 6) is 2.25. The molecule has 3 aromatic rings. The zero-order chi connectivity index (χ0) is 20.2. The third-order valence-corrected chi connectivity index (χ3v) is 5.53. The minimum absolute atomic E-state index is 0.106. The summed E-state index contributed by atoms with van der Waals surface area (Å²) in [6.07, 6.45) is 5.33. The molecule has 0 unspecified atom stereocenters. The molecule has 29 heavy (non-hydrogen) atoms. The Balaban J connectivity index is 1.39. The van der Waals surface area contributed by atoms with Crippen LogP contribution in [-0.2, 0) is 0 Å². The Kier molecular flexibility index (Phi) is 5.90. The van der Waals surface area contributed by atoms with Crippen molar-refractivity contribution in [3.05, 3.63) is 58.8 Å². The van der Waals surface area contributed by atoms with Gasteiger partial charge in [0.1, 0.15) is 11.6 Å². The molecule has 3 heterocycles. The van der Waals surface area contributed by atoms with Gasteiger partial charge in [-0.1, -0.05) is 6.92 Å². The molecule has 6 heteroatoms. The van der Waals surface area contributed by atoms with Gasteiger partial charge in [0.25, 0.3) is 5.56 Å². The number of rotatable bonds is 6. The van der Waals surface area contributed by atoms with E-state index in [0.29, 0.717) is 23.5 Å². The van der Waals surface area contributed by atoms with E-state index in [4.69, 9.17) is 4.74 Å². The van der Waals surface area contributed by atoms with Crippen molar-refractivity contribution in [2.75, 3.05) is 26.2 Å². The van der Waals surface area contributed by atoms with Crippen LogP contribution in [0.1, 0.15) is 32.0 Å². The van der Waals surface area contributed by atoms with E-state index in [-0.39, 0.29) is 5.56 Å². The second-order valence-electron chi connectivity index (χ2n) is 7.92. The first-order valence-electron chi connectivity index (χ1n) is 10.4. The van der Waals surface area contributed by atoms with Crippen LogP contribution in [0.4, 0.5) is 0 Å². The van der Waals surface area contributed by atoms with Crippen LogP contribution < -0.4 is 10.3 Å². The van der Waals surface area contributed by atoms with Crippen molar-refractivity contribution >= 4 is 11.0 Å². The summed E-state index contributed by atoms with van der Waals surface area (Å²) >= 11 is 0. The van der Waals surface area contributed by atoms with Crippen molar-refractivity contribution in [2.24, 2.45) is 5.92 Å². The van der Waals surface area contributed by atoms with E-state index in [2.05, 4.69) is 21.8 Å². The lowest BCUT2D eigenvalue weighted by Gasteiger charge is -2.30. The van der Waals surface area contributed by atoms with Gasteiger partial charge < -0.3 is 9.64 Å². The van der Waals surface area contributed by atoms with E-state index in [0.717, 1.165) is 30.3 Å². The average molecular weight is 393 g/mol. The van der Waals surface area contributed by atoms with Crippen LogP contribution >= 0.6 is 0 Å². The number of hydrogen-bond acceptors (Lipinski definition) is 5. The Morgan fingerprint density at radius 3 is 2.83 bits per heavy atom. The number of ether oxygens (including phenoxy) is 1. The lowest BCUT2D eigenvalue weighted by Crippen LogP contribution is -2.35. The number of fused-ring (bicyclic) bond motifs is 1. The van der Waals surface area contributed by atoms with Crippen molar-refractivity contribution in [2.45, 2.75) is 33.1 Å². The van der Waals surface area contributed by atoms with Gasteiger partial charge in [0.05, 0.1) is 17.7 Å². The Labute approximate surface area is 171 Å². The lowest BCUT2D eigenvalue weighted by atomic mass is 10.0. The maximum Gasteiger partial charge on any atom is 0.267 e. The van der Waals surface area contributed by atoms with Crippen LogP contribution in [-0.4, -0.2) is 45.7 Å². The number of piperidine rings is 1. The van der Waals surface area contributed by atoms with E-state index in [1.54, 1.807) is 22.9 Å². The first-order chi connectivity index (χ1) is 14.1. The Morgan fingerprint density at radius 1 is 1.21 bits per heavy atom. The van der Waals surface area contributed by atoms with Crippen molar-refractivity contribution in [1.82, 2.24) is 19.4 Å². The zero-order valence-electron chi connectivity index (χ0n) is 17.2. The summed E-state index contributed by atoms with van der Waals surface area (Å²) in [6, 6.07) is 11.1. The first-order valence-corrected chi connectivity index (χ1v) is 10.4. The molecule has 0 aliphatic carbocycles. The molecule has 1 aromatic carbocycles. The monoisotopic (exact) mass is 392 g/mol. The van der Waals surface area contributed by atoms with Crippen LogP contribution in [0.25, 0.3) is 16.7 Å². The summed E-state index contributed by atoms with van der Waals surface area (Å²) < 4.78 is 7.52. The standard InChI is InChI=1S/C23H28N4O2/c1-17-6-4-13-26(16-17)14-5-15-29-20-10-8-19(9-11-20)27-18(2)25-22-21(23(27)28)7-3-12-24-22/h3,7-12,17H,4-6,13-16H2,1-2H3/t17-/m0/s1. The molecule has 0 amide bonds. The molecule has 4 rings (SSSR count). The van der Waals surface area contributed by atoms with Gasteiger partial charge in [0, 0.05) is 19.3 Å². The number of benzene rings is 1. The third kappa shape index (κ3) is 4.48. The fraction of sp³-hybridized carbons (Fsp3) is 0.435. The fourth-order valence-corrected chi connectivity index (χ4v) is 4.09.